The van der Waals surface area contributed by atoms with Crippen molar-refractivity contribution in [3.8, 4) is 0 Å². The molecule has 3 rings (SSSR count). The van der Waals surface area contributed by atoms with Gasteiger partial charge in [0, 0.05) is 0 Å². The van der Waals surface area contributed by atoms with Crippen molar-refractivity contribution in [1.29, 1.82) is 0 Å². The van der Waals surface area contributed by atoms with Crippen molar-refractivity contribution < 1.29 is 29.7 Å². The molecule has 0 radical (unpaired) electrons. The summed E-state index contributed by atoms with van der Waals surface area (Å²) >= 11 is 0. The Morgan fingerprint density at radius 3 is 0.784 bits per heavy atom. The van der Waals surface area contributed by atoms with Crippen LogP contribution in [0.2, 0.25) is 0 Å². The molecule has 3 aromatic carbocycles. The van der Waals surface area contributed by atoms with E-state index in [1.54, 1.807) is 36.4 Å². The minimum absolute atomic E-state index is 0. The molecule has 37 heavy (non-hydrogen) atoms. The minimum Gasteiger partial charge on any atom is -0.545 e. The standard InChI is InChI=1S/3C10H12O2.Al/c3*1-2-3-8-4-6-9(7-5-8)10(11)12;/h3*4-7H,2-3H2,1H3,(H,11,12);/q;;;+3/p-3. The molecule has 0 aliphatic carbocycles. The fourth-order valence-corrected chi connectivity index (χ4v) is 3.29. The molecule has 6 nitrogen and oxygen atoms in total. The molecule has 0 fully saturated rings. The van der Waals surface area contributed by atoms with Crippen molar-refractivity contribution in [1.82, 2.24) is 0 Å². The van der Waals surface area contributed by atoms with Crippen LogP contribution in [0.4, 0.5) is 0 Å². The van der Waals surface area contributed by atoms with Crippen LogP contribution in [0.5, 0.6) is 0 Å². The summed E-state index contributed by atoms with van der Waals surface area (Å²) in [5, 5.41) is 31.1. The Kier molecular flexibility index (Phi) is 17.1. The van der Waals surface area contributed by atoms with Gasteiger partial charge in [0.15, 0.2) is 0 Å². The number of carboxylic acid groups (broad SMARTS) is 3. The van der Waals surface area contributed by atoms with E-state index in [2.05, 4.69) is 20.8 Å². The van der Waals surface area contributed by atoms with Gasteiger partial charge >= 0.3 is 17.4 Å². The van der Waals surface area contributed by atoms with Gasteiger partial charge in [0.2, 0.25) is 0 Å². The summed E-state index contributed by atoms with van der Waals surface area (Å²) in [5.41, 5.74) is 4.24. The van der Waals surface area contributed by atoms with Crippen molar-refractivity contribution in [2.75, 3.05) is 0 Å². The van der Waals surface area contributed by atoms with Crippen LogP contribution in [0.25, 0.3) is 0 Å². The molecule has 0 atom stereocenters. The Morgan fingerprint density at radius 1 is 0.459 bits per heavy atom. The summed E-state index contributed by atoms with van der Waals surface area (Å²) in [6, 6.07) is 20.5. The van der Waals surface area contributed by atoms with Gasteiger partial charge in [0.25, 0.3) is 0 Å². The zero-order valence-corrected chi connectivity index (χ0v) is 22.9. The Labute approximate surface area is 230 Å². The molecule has 7 heteroatoms. The number of hydrogen-bond donors (Lipinski definition) is 0. The SMILES string of the molecule is CCCc1ccc(C(=O)[O-])cc1.CCCc1ccc(C(=O)[O-])cc1.CCCc1ccc(C(=O)[O-])cc1.[Al+3]. The second kappa shape index (κ2) is 18.8. The predicted molar refractivity (Wildman–Crippen MR) is 140 cm³/mol. The molecule has 0 unspecified atom stereocenters. The van der Waals surface area contributed by atoms with Gasteiger partial charge in [0.05, 0.1) is 17.9 Å². The largest absolute Gasteiger partial charge is 3.00 e. The molecule has 0 saturated carbocycles. The molecule has 0 amide bonds. The molecule has 192 valence electrons. The van der Waals surface area contributed by atoms with E-state index in [9.17, 15) is 29.7 Å². The normalized spacial score (nSPS) is 9.49. The third-order valence-electron chi connectivity index (χ3n) is 5.18. The van der Waals surface area contributed by atoms with Crippen molar-refractivity contribution in [3.63, 3.8) is 0 Å². The smallest absolute Gasteiger partial charge is 0.545 e. The molecular weight excluding hydrogens is 483 g/mol. The molecule has 0 aliphatic rings. The molecule has 0 saturated heterocycles. The van der Waals surface area contributed by atoms with Crippen LogP contribution in [0.1, 0.15) is 87.8 Å². The molecule has 0 N–H and O–H groups in total. The zero-order chi connectivity index (χ0) is 26.9. The Balaban J connectivity index is 0.000000518. The molecule has 0 heterocycles. The number of carbonyl (C=O) groups excluding carboxylic acids is 3. The number of rotatable bonds is 9. The van der Waals surface area contributed by atoms with E-state index in [1.165, 1.54) is 16.7 Å². The van der Waals surface area contributed by atoms with Gasteiger partial charge in [0.1, 0.15) is 0 Å². The second-order valence-electron chi connectivity index (χ2n) is 8.20. The van der Waals surface area contributed by atoms with Gasteiger partial charge in [-0.1, -0.05) is 113 Å². The Morgan fingerprint density at radius 2 is 0.649 bits per heavy atom. The van der Waals surface area contributed by atoms with E-state index in [0.29, 0.717) is 0 Å². The molecule has 0 spiro atoms. The summed E-state index contributed by atoms with van der Waals surface area (Å²) in [5.74, 6) is -3.34. The number of aryl methyl sites for hydroxylation is 3. The van der Waals surface area contributed by atoms with E-state index in [-0.39, 0.29) is 34.1 Å². The van der Waals surface area contributed by atoms with E-state index >= 15 is 0 Å². The first-order valence-corrected chi connectivity index (χ1v) is 12.1. The molecular formula is C30H33AlO6. The summed E-state index contributed by atoms with van der Waals surface area (Å²) in [4.78, 5) is 31.1. The van der Waals surface area contributed by atoms with Gasteiger partial charge in [-0.3, -0.25) is 0 Å². The number of carboxylic acids is 3. The maximum absolute atomic E-state index is 10.4. The number of carbonyl (C=O) groups is 3. The van der Waals surface area contributed by atoms with Gasteiger partial charge in [-0.25, -0.2) is 0 Å². The number of hydrogen-bond acceptors (Lipinski definition) is 6. The average molecular weight is 517 g/mol. The third kappa shape index (κ3) is 13.5. The zero-order valence-electron chi connectivity index (χ0n) is 21.7. The van der Waals surface area contributed by atoms with Crippen LogP contribution >= 0.6 is 0 Å². The molecule has 0 aromatic heterocycles. The van der Waals surface area contributed by atoms with Crippen LogP contribution in [-0.4, -0.2) is 35.3 Å². The Bertz CT molecular complexity index is 933. The number of aromatic carboxylic acids is 3. The van der Waals surface area contributed by atoms with Crippen LogP contribution in [0.15, 0.2) is 72.8 Å². The Hall–Kier alpha value is -3.40. The third-order valence-corrected chi connectivity index (χ3v) is 5.18. The summed E-state index contributed by atoms with van der Waals surface area (Å²) in [6.07, 6.45) is 6.20. The fraction of sp³-hybridized carbons (Fsp3) is 0.300. The predicted octanol–water partition coefficient (Wildman–Crippen LogP) is 2.63. The minimum atomic E-state index is -1.11. The average Bonchev–Trinajstić information content (AvgIpc) is 2.86. The van der Waals surface area contributed by atoms with Crippen LogP contribution < -0.4 is 15.3 Å². The number of benzene rings is 3. The maximum Gasteiger partial charge on any atom is 3.00 e. The van der Waals surface area contributed by atoms with Gasteiger partial charge in [-0.05, 0) is 52.6 Å². The van der Waals surface area contributed by atoms with E-state index in [4.69, 9.17) is 0 Å². The van der Waals surface area contributed by atoms with Crippen molar-refractivity contribution >= 4 is 35.3 Å². The fourth-order valence-electron chi connectivity index (χ4n) is 3.29. The quantitative estimate of drug-likeness (QED) is 0.403. The van der Waals surface area contributed by atoms with Gasteiger partial charge < -0.3 is 29.7 Å². The van der Waals surface area contributed by atoms with Crippen molar-refractivity contribution in [2.45, 2.75) is 59.3 Å². The topological polar surface area (TPSA) is 120 Å². The van der Waals surface area contributed by atoms with Crippen LogP contribution in [0, 0.1) is 0 Å². The van der Waals surface area contributed by atoms with Crippen molar-refractivity contribution in [3.05, 3.63) is 106 Å². The first-order chi connectivity index (χ1) is 17.2. The van der Waals surface area contributed by atoms with E-state index in [1.807, 2.05) is 36.4 Å². The van der Waals surface area contributed by atoms with Crippen LogP contribution in [0.3, 0.4) is 0 Å². The second-order valence-corrected chi connectivity index (χ2v) is 8.20. The van der Waals surface area contributed by atoms with Crippen LogP contribution in [-0.2, 0) is 19.3 Å². The van der Waals surface area contributed by atoms with E-state index in [0.717, 1.165) is 38.5 Å². The molecule has 0 aliphatic heterocycles. The van der Waals surface area contributed by atoms with Gasteiger partial charge in [-0.15, -0.1) is 0 Å². The summed E-state index contributed by atoms with van der Waals surface area (Å²) in [6.45, 7) is 6.27. The molecule has 3 aromatic rings. The molecule has 0 bridgehead atoms. The van der Waals surface area contributed by atoms with E-state index < -0.39 is 17.9 Å². The van der Waals surface area contributed by atoms with Crippen molar-refractivity contribution in [2.24, 2.45) is 0 Å². The summed E-state index contributed by atoms with van der Waals surface area (Å²) < 4.78 is 0. The first kappa shape index (κ1) is 33.6. The summed E-state index contributed by atoms with van der Waals surface area (Å²) in [7, 11) is 0. The first-order valence-electron chi connectivity index (χ1n) is 12.1. The maximum atomic E-state index is 10.4. The van der Waals surface area contributed by atoms with Gasteiger partial charge in [-0.2, -0.15) is 0 Å². The monoisotopic (exact) mass is 516 g/mol.